The molecule has 2 aromatic heterocycles. The quantitative estimate of drug-likeness (QED) is 0.531. The van der Waals surface area contributed by atoms with Crippen molar-refractivity contribution in [3.8, 4) is 0 Å². The molecular formula is C17H25N7O3S. The summed E-state index contributed by atoms with van der Waals surface area (Å²) in [5, 5.41) is 12.4. The average Bonchev–Trinajstić information content (AvgIpc) is 3.17. The molecule has 0 spiro atoms. The van der Waals surface area contributed by atoms with Crippen LogP contribution in [0.3, 0.4) is 0 Å². The minimum Gasteiger partial charge on any atom is -0.384 e. The molecule has 1 fully saturated rings. The van der Waals surface area contributed by atoms with Crippen LogP contribution >= 0.6 is 11.8 Å². The monoisotopic (exact) mass is 407 g/mol. The van der Waals surface area contributed by atoms with Gasteiger partial charge in [0.25, 0.3) is 5.56 Å². The Morgan fingerprint density at radius 3 is 2.64 bits per heavy atom. The Kier molecular flexibility index (Phi) is 6.32. The summed E-state index contributed by atoms with van der Waals surface area (Å²) in [6.07, 6.45) is 6.18. The fourth-order valence-corrected chi connectivity index (χ4v) is 4.34. The number of nitrogens with zero attached hydrogens (tertiary/aromatic N) is 6. The molecule has 28 heavy (non-hydrogen) atoms. The second-order valence-electron chi connectivity index (χ2n) is 6.97. The van der Waals surface area contributed by atoms with Crippen molar-refractivity contribution in [1.82, 2.24) is 29.3 Å². The van der Waals surface area contributed by atoms with Crippen LogP contribution in [0, 0.1) is 0 Å². The number of hydrogen-bond acceptors (Lipinski definition) is 8. The van der Waals surface area contributed by atoms with Gasteiger partial charge in [-0.05, 0) is 29.7 Å². The first kappa shape index (κ1) is 20.3. The summed E-state index contributed by atoms with van der Waals surface area (Å²) in [6.45, 7) is 2.23. The molecular weight excluding hydrogens is 382 g/mol. The van der Waals surface area contributed by atoms with E-state index in [-0.39, 0.29) is 23.2 Å². The van der Waals surface area contributed by atoms with Crippen molar-refractivity contribution >= 4 is 23.4 Å². The van der Waals surface area contributed by atoms with Gasteiger partial charge < -0.3 is 5.73 Å². The number of ketones is 1. The van der Waals surface area contributed by atoms with Crippen molar-refractivity contribution in [3.05, 3.63) is 26.4 Å². The molecule has 2 heterocycles. The van der Waals surface area contributed by atoms with E-state index in [1.807, 2.05) is 6.92 Å². The van der Waals surface area contributed by atoms with E-state index in [9.17, 15) is 14.4 Å². The maximum absolute atomic E-state index is 12.8. The highest BCUT2D eigenvalue weighted by Crippen LogP contribution is 2.30. The Morgan fingerprint density at radius 1 is 1.25 bits per heavy atom. The summed E-state index contributed by atoms with van der Waals surface area (Å²) < 4.78 is 3.97. The molecule has 2 N–H and O–H groups in total. The van der Waals surface area contributed by atoms with E-state index in [4.69, 9.17) is 5.73 Å². The van der Waals surface area contributed by atoms with Crippen LogP contribution in [0.1, 0.15) is 61.8 Å². The maximum Gasteiger partial charge on any atom is 0.332 e. The zero-order valence-electron chi connectivity index (χ0n) is 16.1. The van der Waals surface area contributed by atoms with Crippen LogP contribution < -0.4 is 17.0 Å². The van der Waals surface area contributed by atoms with E-state index in [2.05, 4.69) is 15.5 Å². The molecule has 1 aliphatic carbocycles. The van der Waals surface area contributed by atoms with Gasteiger partial charge in [0, 0.05) is 13.6 Å². The number of nitrogen functional groups attached to an aromatic ring is 1. The van der Waals surface area contributed by atoms with Gasteiger partial charge >= 0.3 is 5.69 Å². The topological polar surface area (TPSA) is 131 Å². The second kappa shape index (κ2) is 8.72. The number of Topliss-reactive ketones (excluding diaryl/α,β-unsaturated/α-hetero) is 1. The van der Waals surface area contributed by atoms with Crippen molar-refractivity contribution < 1.29 is 4.79 Å². The molecule has 0 bridgehead atoms. The van der Waals surface area contributed by atoms with Gasteiger partial charge in [0.2, 0.25) is 5.16 Å². The Hall–Kier alpha value is -2.43. The fraction of sp³-hybridized carbons (Fsp3) is 0.647. The summed E-state index contributed by atoms with van der Waals surface area (Å²) in [7, 11) is 1.35. The highest BCUT2D eigenvalue weighted by molar-refractivity contribution is 7.99. The SMILES string of the molecule is CCCn1c(N)c(C(=O)CSc2nnnn2C2CCCCC2)c(=O)n(C)c1=O. The van der Waals surface area contributed by atoms with Gasteiger partial charge in [-0.1, -0.05) is 37.9 Å². The van der Waals surface area contributed by atoms with E-state index >= 15 is 0 Å². The average molecular weight is 408 g/mol. The molecule has 1 saturated carbocycles. The second-order valence-corrected chi connectivity index (χ2v) is 7.91. The van der Waals surface area contributed by atoms with Gasteiger partial charge in [0.05, 0.1) is 11.8 Å². The largest absolute Gasteiger partial charge is 0.384 e. The van der Waals surface area contributed by atoms with Crippen molar-refractivity contribution in [3.63, 3.8) is 0 Å². The third-order valence-corrected chi connectivity index (χ3v) is 5.96. The summed E-state index contributed by atoms with van der Waals surface area (Å²) in [6, 6.07) is 0.241. The van der Waals surface area contributed by atoms with Crippen molar-refractivity contribution in [1.29, 1.82) is 0 Å². The number of anilines is 1. The highest BCUT2D eigenvalue weighted by Gasteiger charge is 2.24. The highest BCUT2D eigenvalue weighted by atomic mass is 32.2. The lowest BCUT2D eigenvalue weighted by Gasteiger charge is -2.21. The predicted octanol–water partition coefficient (Wildman–Crippen LogP) is 1.01. The summed E-state index contributed by atoms with van der Waals surface area (Å²) in [5.74, 6) is -0.546. The van der Waals surface area contributed by atoms with E-state index < -0.39 is 17.0 Å². The zero-order chi connectivity index (χ0) is 20.3. The molecule has 0 radical (unpaired) electrons. The molecule has 0 amide bonds. The van der Waals surface area contributed by atoms with Crippen LogP contribution in [-0.2, 0) is 13.6 Å². The molecule has 0 atom stereocenters. The molecule has 2 aromatic rings. The molecule has 0 saturated heterocycles. The van der Waals surface area contributed by atoms with Crippen LogP contribution in [0.15, 0.2) is 14.7 Å². The normalized spacial score (nSPS) is 15.1. The zero-order valence-corrected chi connectivity index (χ0v) is 16.9. The van der Waals surface area contributed by atoms with Gasteiger partial charge in [0.1, 0.15) is 11.4 Å². The van der Waals surface area contributed by atoms with E-state index in [0.29, 0.717) is 18.1 Å². The number of hydrogen-bond donors (Lipinski definition) is 1. The number of carbonyl (C=O) groups excluding carboxylic acids is 1. The van der Waals surface area contributed by atoms with E-state index in [0.717, 1.165) is 30.3 Å². The first-order valence-electron chi connectivity index (χ1n) is 9.48. The summed E-state index contributed by atoms with van der Waals surface area (Å²) >= 11 is 1.18. The maximum atomic E-state index is 12.8. The van der Waals surface area contributed by atoms with Gasteiger partial charge in [-0.25, -0.2) is 9.48 Å². The molecule has 0 aliphatic heterocycles. The minimum atomic E-state index is -0.674. The lowest BCUT2D eigenvalue weighted by molar-refractivity contribution is 0.102. The number of nitrogens with two attached hydrogens (primary N) is 1. The van der Waals surface area contributed by atoms with Crippen molar-refractivity contribution in [2.75, 3.05) is 11.5 Å². The van der Waals surface area contributed by atoms with Gasteiger partial charge in [-0.2, -0.15) is 0 Å². The van der Waals surface area contributed by atoms with E-state index in [1.54, 1.807) is 4.68 Å². The molecule has 10 nitrogen and oxygen atoms in total. The minimum absolute atomic E-state index is 0.0309. The van der Waals surface area contributed by atoms with Crippen molar-refractivity contribution in [2.24, 2.45) is 7.05 Å². The molecule has 1 aliphatic rings. The Balaban J connectivity index is 1.82. The summed E-state index contributed by atoms with van der Waals surface area (Å²) in [4.78, 5) is 37.5. The number of aromatic nitrogens is 6. The van der Waals surface area contributed by atoms with Gasteiger partial charge in [0.15, 0.2) is 5.78 Å². The van der Waals surface area contributed by atoms with E-state index in [1.165, 1.54) is 29.8 Å². The third-order valence-electron chi connectivity index (χ3n) is 5.02. The standard InChI is InChI=1S/C17H25N7O3S/c1-3-9-23-14(18)13(15(26)22(2)17(23)27)12(25)10-28-16-19-20-21-24(16)11-7-5-4-6-8-11/h11H,3-10,18H2,1-2H3. The first-order chi connectivity index (χ1) is 13.5. The molecule has 3 rings (SSSR count). The molecule has 0 aromatic carbocycles. The lowest BCUT2D eigenvalue weighted by Crippen LogP contribution is -2.42. The number of thioether (sulfide) groups is 1. The molecule has 11 heteroatoms. The molecule has 152 valence electrons. The fourth-order valence-electron chi connectivity index (χ4n) is 3.52. The van der Waals surface area contributed by atoms with Gasteiger partial charge in [-0.15, -0.1) is 5.10 Å². The third kappa shape index (κ3) is 3.89. The van der Waals surface area contributed by atoms with Crippen LogP contribution in [0.2, 0.25) is 0 Å². The smallest absolute Gasteiger partial charge is 0.332 e. The number of rotatable bonds is 7. The Morgan fingerprint density at radius 2 is 1.96 bits per heavy atom. The van der Waals surface area contributed by atoms with Crippen LogP contribution in [0.4, 0.5) is 5.82 Å². The summed E-state index contributed by atoms with van der Waals surface area (Å²) in [5.41, 5.74) is 4.67. The van der Waals surface area contributed by atoms with Crippen LogP contribution in [0.25, 0.3) is 0 Å². The Labute approximate surface area is 166 Å². The number of carbonyl (C=O) groups is 1. The Bertz CT molecular complexity index is 972. The van der Waals surface area contributed by atoms with Crippen LogP contribution in [-0.4, -0.2) is 40.9 Å². The molecule has 0 unspecified atom stereocenters. The lowest BCUT2D eigenvalue weighted by atomic mass is 9.96. The first-order valence-corrected chi connectivity index (χ1v) is 10.5. The number of tetrazole rings is 1. The van der Waals surface area contributed by atoms with Gasteiger partial charge in [-0.3, -0.25) is 18.7 Å². The predicted molar refractivity (Wildman–Crippen MR) is 106 cm³/mol. The van der Waals surface area contributed by atoms with Crippen molar-refractivity contribution in [2.45, 2.75) is 63.2 Å². The van der Waals surface area contributed by atoms with Crippen LogP contribution in [0.5, 0.6) is 0 Å².